The van der Waals surface area contributed by atoms with E-state index in [9.17, 15) is 8.42 Å². The third-order valence-electron chi connectivity index (χ3n) is 4.25. The van der Waals surface area contributed by atoms with E-state index in [2.05, 4.69) is 5.16 Å². The van der Waals surface area contributed by atoms with Crippen LogP contribution in [0.15, 0.2) is 9.42 Å². The molecule has 0 atom stereocenters. The van der Waals surface area contributed by atoms with Crippen LogP contribution in [-0.2, 0) is 10.0 Å². The van der Waals surface area contributed by atoms with Crippen LogP contribution >= 0.6 is 11.3 Å². The van der Waals surface area contributed by atoms with E-state index in [4.69, 9.17) is 4.52 Å². The fourth-order valence-corrected chi connectivity index (χ4v) is 6.26. The molecule has 22 heavy (non-hydrogen) atoms. The highest BCUT2D eigenvalue weighted by Crippen LogP contribution is 2.42. The maximum absolute atomic E-state index is 13.1. The number of nitrogens with zero attached hydrogens (tertiary/aromatic N) is 2. The van der Waals surface area contributed by atoms with Crippen molar-refractivity contribution in [2.45, 2.75) is 45.4 Å². The Hall–Kier alpha value is -1.18. The molecule has 1 aliphatic heterocycles. The highest BCUT2D eigenvalue weighted by molar-refractivity contribution is 7.89. The summed E-state index contributed by atoms with van der Waals surface area (Å²) in [5.74, 6) is 0.581. The van der Waals surface area contributed by atoms with Gasteiger partial charge in [0.15, 0.2) is 5.76 Å². The van der Waals surface area contributed by atoms with Crippen molar-refractivity contribution in [3.05, 3.63) is 21.0 Å². The van der Waals surface area contributed by atoms with E-state index in [1.165, 1.54) is 11.3 Å². The van der Waals surface area contributed by atoms with Gasteiger partial charge in [0.2, 0.25) is 10.0 Å². The summed E-state index contributed by atoms with van der Waals surface area (Å²) in [5, 5.41) is 3.98. The smallest absolute Gasteiger partial charge is 0.244 e. The molecule has 0 aliphatic carbocycles. The van der Waals surface area contributed by atoms with Gasteiger partial charge in [-0.2, -0.15) is 4.31 Å². The zero-order chi connectivity index (χ0) is 16.1. The summed E-state index contributed by atoms with van der Waals surface area (Å²) >= 11 is 1.50. The summed E-state index contributed by atoms with van der Waals surface area (Å²) in [7, 11) is -3.48. The minimum absolute atomic E-state index is 0.399. The Kier molecular flexibility index (Phi) is 3.91. The summed E-state index contributed by atoms with van der Waals surface area (Å²) in [4.78, 5) is 2.17. The van der Waals surface area contributed by atoms with Crippen molar-refractivity contribution in [1.29, 1.82) is 0 Å². The van der Waals surface area contributed by atoms with Gasteiger partial charge in [0.05, 0.1) is 11.3 Å². The highest BCUT2D eigenvalue weighted by atomic mass is 32.2. The van der Waals surface area contributed by atoms with Crippen molar-refractivity contribution in [3.63, 3.8) is 0 Å². The van der Waals surface area contributed by atoms with E-state index in [0.29, 0.717) is 29.3 Å². The average Bonchev–Trinajstić information content (AvgIpc) is 3.13. The number of hydrogen-bond donors (Lipinski definition) is 0. The molecule has 1 saturated heterocycles. The first-order valence-electron chi connectivity index (χ1n) is 7.37. The number of sulfonamides is 1. The zero-order valence-corrected chi connectivity index (χ0v) is 14.9. The van der Waals surface area contributed by atoms with Gasteiger partial charge in [-0.05, 0) is 40.5 Å². The molecule has 0 unspecified atom stereocenters. The number of thiophene rings is 1. The second-order valence-corrected chi connectivity index (χ2v) is 9.06. The molecule has 3 heterocycles. The molecule has 0 saturated carbocycles. The van der Waals surface area contributed by atoms with Crippen LogP contribution in [0, 0.1) is 27.7 Å². The van der Waals surface area contributed by atoms with E-state index in [1.54, 1.807) is 4.31 Å². The van der Waals surface area contributed by atoms with Crippen molar-refractivity contribution < 1.29 is 12.9 Å². The van der Waals surface area contributed by atoms with E-state index in [-0.39, 0.29) is 0 Å². The van der Waals surface area contributed by atoms with Crippen LogP contribution in [0.4, 0.5) is 0 Å². The van der Waals surface area contributed by atoms with Crippen molar-refractivity contribution in [2.75, 3.05) is 13.1 Å². The molecule has 2 aromatic rings. The SMILES string of the molecule is Cc1noc(-c2c(C)sc(C)c2S(=O)(=O)N2CCCC2)c1C. The first kappa shape index (κ1) is 15.7. The minimum atomic E-state index is -3.48. The lowest BCUT2D eigenvalue weighted by Gasteiger charge is -2.16. The van der Waals surface area contributed by atoms with Crippen LogP contribution in [0.5, 0.6) is 0 Å². The first-order valence-corrected chi connectivity index (χ1v) is 9.63. The predicted molar refractivity (Wildman–Crippen MR) is 86.8 cm³/mol. The van der Waals surface area contributed by atoms with E-state index in [1.807, 2.05) is 27.7 Å². The van der Waals surface area contributed by atoms with Gasteiger partial charge in [0.1, 0.15) is 4.90 Å². The third kappa shape index (κ3) is 2.31. The Morgan fingerprint density at radius 1 is 1.09 bits per heavy atom. The summed E-state index contributed by atoms with van der Waals surface area (Å²) in [5.41, 5.74) is 2.38. The largest absolute Gasteiger partial charge is 0.356 e. The third-order valence-corrected chi connectivity index (χ3v) is 7.47. The Morgan fingerprint density at radius 2 is 1.73 bits per heavy atom. The molecule has 0 bridgehead atoms. The van der Waals surface area contributed by atoms with Gasteiger partial charge in [0, 0.05) is 28.4 Å². The Bertz CT molecular complexity index is 812. The zero-order valence-electron chi connectivity index (χ0n) is 13.3. The molecule has 1 fully saturated rings. The van der Waals surface area contributed by atoms with Gasteiger partial charge in [-0.1, -0.05) is 5.16 Å². The minimum Gasteiger partial charge on any atom is -0.356 e. The molecule has 0 spiro atoms. The molecular formula is C15H20N2O3S2. The molecular weight excluding hydrogens is 320 g/mol. The quantitative estimate of drug-likeness (QED) is 0.859. The number of aromatic nitrogens is 1. The maximum atomic E-state index is 13.1. The van der Waals surface area contributed by atoms with Crippen molar-refractivity contribution >= 4 is 21.4 Å². The van der Waals surface area contributed by atoms with Crippen LogP contribution in [0.1, 0.15) is 33.9 Å². The first-order chi connectivity index (χ1) is 10.3. The molecule has 120 valence electrons. The number of aryl methyl sites for hydroxylation is 3. The van der Waals surface area contributed by atoms with Gasteiger partial charge in [-0.3, -0.25) is 0 Å². The molecule has 0 aromatic carbocycles. The van der Waals surface area contributed by atoms with Gasteiger partial charge in [0.25, 0.3) is 0 Å². The second kappa shape index (κ2) is 5.47. The number of rotatable bonds is 3. The normalized spacial score (nSPS) is 16.5. The van der Waals surface area contributed by atoms with Gasteiger partial charge in [-0.15, -0.1) is 11.3 Å². The van der Waals surface area contributed by atoms with Gasteiger partial charge >= 0.3 is 0 Å². The van der Waals surface area contributed by atoms with Gasteiger partial charge < -0.3 is 4.52 Å². The lowest BCUT2D eigenvalue weighted by molar-refractivity contribution is 0.425. The van der Waals surface area contributed by atoms with Crippen molar-refractivity contribution in [3.8, 4) is 11.3 Å². The maximum Gasteiger partial charge on any atom is 0.244 e. The average molecular weight is 340 g/mol. The molecule has 5 nitrogen and oxygen atoms in total. The lowest BCUT2D eigenvalue weighted by Crippen LogP contribution is -2.28. The fraction of sp³-hybridized carbons (Fsp3) is 0.533. The van der Waals surface area contributed by atoms with Gasteiger partial charge in [-0.25, -0.2) is 8.42 Å². The Balaban J connectivity index is 2.23. The van der Waals surface area contributed by atoms with Crippen LogP contribution in [0.25, 0.3) is 11.3 Å². The standard InChI is InChI=1S/C15H20N2O3S2/c1-9-10(2)16-20-14(9)13-11(3)21-12(4)15(13)22(18,19)17-7-5-6-8-17/h5-8H2,1-4H3. The molecule has 0 radical (unpaired) electrons. The van der Waals surface area contributed by atoms with Crippen LogP contribution in [0.3, 0.4) is 0 Å². The molecule has 1 aliphatic rings. The second-order valence-electron chi connectivity index (χ2n) is 5.75. The Labute approximate surface area is 135 Å². The lowest BCUT2D eigenvalue weighted by atomic mass is 10.1. The van der Waals surface area contributed by atoms with Crippen molar-refractivity contribution in [2.24, 2.45) is 0 Å². The summed E-state index contributed by atoms with van der Waals surface area (Å²) in [6, 6.07) is 0. The van der Waals surface area contributed by atoms with E-state index in [0.717, 1.165) is 33.9 Å². The molecule has 3 rings (SSSR count). The topological polar surface area (TPSA) is 63.4 Å². The molecule has 0 amide bonds. The van der Waals surface area contributed by atoms with Crippen LogP contribution < -0.4 is 0 Å². The molecule has 0 N–H and O–H groups in total. The summed E-state index contributed by atoms with van der Waals surface area (Å²) < 4.78 is 33.1. The van der Waals surface area contributed by atoms with E-state index < -0.39 is 10.0 Å². The predicted octanol–water partition coefficient (Wildman–Crippen LogP) is 3.42. The highest BCUT2D eigenvalue weighted by Gasteiger charge is 2.35. The van der Waals surface area contributed by atoms with E-state index >= 15 is 0 Å². The summed E-state index contributed by atoms with van der Waals surface area (Å²) in [6.07, 6.45) is 1.86. The Morgan fingerprint density at radius 3 is 2.27 bits per heavy atom. The summed E-state index contributed by atoms with van der Waals surface area (Å²) in [6.45, 7) is 8.79. The number of hydrogen-bond acceptors (Lipinski definition) is 5. The van der Waals surface area contributed by atoms with Crippen LogP contribution in [0.2, 0.25) is 0 Å². The monoisotopic (exact) mass is 340 g/mol. The molecule has 2 aromatic heterocycles. The molecule has 7 heteroatoms. The fourth-order valence-electron chi connectivity index (χ4n) is 2.94. The van der Waals surface area contributed by atoms with Crippen molar-refractivity contribution in [1.82, 2.24) is 9.46 Å². The van der Waals surface area contributed by atoms with Crippen LogP contribution in [-0.4, -0.2) is 31.0 Å².